The highest BCUT2D eigenvalue weighted by Gasteiger charge is 2.09. The molecule has 0 fully saturated rings. The van der Waals surface area contributed by atoms with E-state index in [1.165, 1.54) is 0 Å². The lowest BCUT2D eigenvalue weighted by Crippen LogP contribution is -2.05. The van der Waals surface area contributed by atoms with E-state index in [1.54, 1.807) is 13.2 Å². The molecule has 0 radical (unpaired) electrons. The molecule has 0 spiro atoms. The number of benzene rings is 1. The Labute approximate surface area is 83.6 Å². The van der Waals surface area contributed by atoms with Gasteiger partial charge < -0.3 is 14.3 Å². The maximum absolute atomic E-state index is 10.7. The smallest absolute Gasteiger partial charge is 0.153 e. The predicted octanol–water partition coefficient (Wildman–Crippen LogP) is 1.97. The zero-order valence-corrected chi connectivity index (χ0v) is 8.40. The van der Waals surface area contributed by atoms with Gasteiger partial charge in [-0.25, -0.2) is 0 Å². The number of rotatable bonds is 5. The van der Waals surface area contributed by atoms with Crippen LogP contribution >= 0.6 is 0 Å². The number of ether oxygens (including phenoxy) is 2. The fourth-order valence-corrected chi connectivity index (χ4v) is 1.21. The van der Waals surface area contributed by atoms with Gasteiger partial charge in [-0.3, -0.25) is 0 Å². The number of hydrogen-bond donors (Lipinski definition) is 0. The van der Waals surface area contributed by atoms with Crippen molar-refractivity contribution >= 4 is 6.29 Å². The Kier molecular flexibility index (Phi) is 4.13. The third-order valence-electron chi connectivity index (χ3n) is 1.89. The van der Waals surface area contributed by atoms with E-state index in [-0.39, 0.29) is 0 Å². The zero-order chi connectivity index (χ0) is 10.4. The van der Waals surface area contributed by atoms with E-state index in [4.69, 9.17) is 9.47 Å². The molecule has 1 aromatic rings. The van der Waals surface area contributed by atoms with Crippen molar-refractivity contribution in [3.63, 3.8) is 0 Å². The molecule has 0 aromatic heterocycles. The van der Waals surface area contributed by atoms with Gasteiger partial charge in [0.15, 0.2) is 6.29 Å². The minimum absolute atomic E-state index is 0.491. The molecule has 1 unspecified atom stereocenters. The Morgan fingerprint density at radius 3 is 2.86 bits per heavy atom. The summed E-state index contributed by atoms with van der Waals surface area (Å²) in [5.74, 6) is 0.731. The molecule has 0 amide bonds. The van der Waals surface area contributed by atoms with Crippen LogP contribution in [0.15, 0.2) is 24.3 Å². The van der Waals surface area contributed by atoms with Crippen LogP contribution in [-0.4, -0.2) is 20.0 Å². The fourth-order valence-electron chi connectivity index (χ4n) is 1.21. The van der Waals surface area contributed by atoms with Crippen LogP contribution in [0, 0.1) is 0 Å². The van der Waals surface area contributed by atoms with E-state index in [9.17, 15) is 4.79 Å². The van der Waals surface area contributed by atoms with E-state index >= 15 is 0 Å². The Balaban J connectivity index is 2.86. The Morgan fingerprint density at radius 2 is 2.29 bits per heavy atom. The first-order valence-corrected chi connectivity index (χ1v) is 4.52. The summed E-state index contributed by atoms with van der Waals surface area (Å²) in [6.07, 6.45) is 0.299. The molecule has 0 saturated heterocycles. The Hall–Kier alpha value is -1.35. The molecule has 0 aliphatic carbocycles. The SMILES string of the molecule is CCOC(C=O)c1cccc(OC)c1. The van der Waals surface area contributed by atoms with Crippen LogP contribution in [0.1, 0.15) is 18.6 Å². The first kappa shape index (κ1) is 10.7. The third kappa shape index (κ3) is 2.57. The van der Waals surface area contributed by atoms with Gasteiger partial charge >= 0.3 is 0 Å². The highest BCUT2D eigenvalue weighted by Crippen LogP contribution is 2.20. The molecule has 0 bridgehead atoms. The largest absolute Gasteiger partial charge is 0.497 e. The molecule has 0 aliphatic rings. The van der Waals surface area contributed by atoms with Gasteiger partial charge in [0.25, 0.3) is 0 Å². The summed E-state index contributed by atoms with van der Waals surface area (Å²) in [5, 5.41) is 0. The number of carbonyl (C=O) groups is 1. The number of methoxy groups -OCH3 is 1. The minimum Gasteiger partial charge on any atom is -0.497 e. The molecular formula is C11H14O3. The quantitative estimate of drug-likeness (QED) is 0.672. The standard InChI is InChI=1S/C11H14O3/c1-3-14-11(8-12)9-5-4-6-10(7-9)13-2/h4-8,11H,3H2,1-2H3. The fraction of sp³-hybridized carbons (Fsp3) is 0.364. The molecule has 0 heterocycles. The second-order valence-electron chi connectivity index (χ2n) is 2.79. The van der Waals surface area contributed by atoms with Crippen molar-refractivity contribution in [3.05, 3.63) is 29.8 Å². The van der Waals surface area contributed by atoms with Crippen molar-refractivity contribution in [3.8, 4) is 5.75 Å². The Bertz CT molecular complexity index is 296. The van der Waals surface area contributed by atoms with Crippen molar-refractivity contribution < 1.29 is 14.3 Å². The van der Waals surface area contributed by atoms with Crippen LogP contribution < -0.4 is 4.74 Å². The van der Waals surface area contributed by atoms with Gasteiger partial charge in [-0.2, -0.15) is 0 Å². The molecule has 0 aliphatic heterocycles. The van der Waals surface area contributed by atoms with Gasteiger partial charge in [0, 0.05) is 6.61 Å². The first-order valence-electron chi connectivity index (χ1n) is 4.52. The zero-order valence-electron chi connectivity index (χ0n) is 8.40. The van der Waals surface area contributed by atoms with Gasteiger partial charge in [0.05, 0.1) is 7.11 Å². The maximum Gasteiger partial charge on any atom is 0.153 e. The molecule has 1 rings (SSSR count). The molecule has 1 aromatic carbocycles. The number of hydrogen-bond acceptors (Lipinski definition) is 3. The van der Waals surface area contributed by atoms with E-state index < -0.39 is 6.10 Å². The van der Waals surface area contributed by atoms with Gasteiger partial charge in [-0.15, -0.1) is 0 Å². The number of aldehydes is 1. The highest BCUT2D eigenvalue weighted by atomic mass is 16.5. The van der Waals surface area contributed by atoms with Gasteiger partial charge in [0.2, 0.25) is 0 Å². The summed E-state index contributed by atoms with van der Waals surface area (Å²) in [4.78, 5) is 10.7. The molecule has 76 valence electrons. The van der Waals surface area contributed by atoms with Crippen molar-refractivity contribution in [2.24, 2.45) is 0 Å². The second-order valence-corrected chi connectivity index (χ2v) is 2.79. The van der Waals surface area contributed by atoms with Gasteiger partial charge in [-0.1, -0.05) is 12.1 Å². The van der Waals surface area contributed by atoms with Crippen LogP contribution in [-0.2, 0) is 9.53 Å². The van der Waals surface area contributed by atoms with Crippen molar-refractivity contribution in [1.82, 2.24) is 0 Å². The normalized spacial score (nSPS) is 12.1. The topological polar surface area (TPSA) is 35.5 Å². The van der Waals surface area contributed by atoms with Crippen LogP contribution in [0.4, 0.5) is 0 Å². The summed E-state index contributed by atoms with van der Waals surface area (Å²) >= 11 is 0. The van der Waals surface area contributed by atoms with Crippen molar-refractivity contribution in [2.75, 3.05) is 13.7 Å². The molecule has 3 nitrogen and oxygen atoms in total. The second kappa shape index (κ2) is 5.40. The monoisotopic (exact) mass is 194 g/mol. The summed E-state index contributed by atoms with van der Waals surface area (Å²) in [6, 6.07) is 7.31. The summed E-state index contributed by atoms with van der Waals surface area (Å²) in [7, 11) is 1.59. The van der Waals surface area contributed by atoms with Gasteiger partial charge in [0.1, 0.15) is 11.9 Å². The molecule has 0 N–H and O–H groups in total. The van der Waals surface area contributed by atoms with Crippen LogP contribution in [0.3, 0.4) is 0 Å². The molecule has 0 saturated carbocycles. The van der Waals surface area contributed by atoms with Gasteiger partial charge in [-0.05, 0) is 24.6 Å². The lowest BCUT2D eigenvalue weighted by Gasteiger charge is -2.11. The van der Waals surface area contributed by atoms with Crippen LogP contribution in [0.2, 0.25) is 0 Å². The average Bonchev–Trinajstić information content (AvgIpc) is 2.26. The third-order valence-corrected chi connectivity index (χ3v) is 1.89. The minimum atomic E-state index is -0.491. The molecule has 1 atom stereocenters. The van der Waals surface area contributed by atoms with Crippen LogP contribution in [0.5, 0.6) is 5.75 Å². The van der Waals surface area contributed by atoms with E-state index in [1.807, 2.05) is 25.1 Å². The maximum atomic E-state index is 10.7. The van der Waals surface area contributed by atoms with E-state index in [2.05, 4.69) is 0 Å². The average molecular weight is 194 g/mol. The highest BCUT2D eigenvalue weighted by molar-refractivity contribution is 5.60. The van der Waals surface area contributed by atoms with E-state index in [0.717, 1.165) is 17.6 Å². The number of carbonyl (C=O) groups excluding carboxylic acids is 1. The lowest BCUT2D eigenvalue weighted by molar-refractivity contribution is -0.118. The van der Waals surface area contributed by atoms with E-state index in [0.29, 0.717) is 6.61 Å². The molecule has 14 heavy (non-hydrogen) atoms. The molecular weight excluding hydrogens is 180 g/mol. The van der Waals surface area contributed by atoms with Crippen molar-refractivity contribution in [1.29, 1.82) is 0 Å². The predicted molar refractivity (Wildman–Crippen MR) is 53.4 cm³/mol. The Morgan fingerprint density at radius 1 is 1.50 bits per heavy atom. The summed E-state index contributed by atoms with van der Waals surface area (Å²) in [6.45, 7) is 2.37. The van der Waals surface area contributed by atoms with Crippen molar-refractivity contribution in [2.45, 2.75) is 13.0 Å². The van der Waals surface area contributed by atoms with Crippen LogP contribution in [0.25, 0.3) is 0 Å². The summed E-state index contributed by atoms with van der Waals surface area (Å²) in [5.41, 5.74) is 0.821. The lowest BCUT2D eigenvalue weighted by atomic mass is 10.1. The summed E-state index contributed by atoms with van der Waals surface area (Å²) < 4.78 is 10.3. The first-order chi connectivity index (χ1) is 6.81. The molecule has 3 heteroatoms.